The van der Waals surface area contributed by atoms with Gasteiger partial charge in [0.1, 0.15) is 11.6 Å². The number of hydrogen-bond acceptors (Lipinski definition) is 8. The largest absolute Gasteiger partial charge is 0.456 e. The zero-order chi connectivity index (χ0) is 27.7. The summed E-state index contributed by atoms with van der Waals surface area (Å²) in [6.07, 6.45) is 4.10. The molecule has 9 nitrogen and oxygen atoms in total. The first kappa shape index (κ1) is 26.7. The van der Waals surface area contributed by atoms with Gasteiger partial charge in [0.25, 0.3) is 0 Å². The summed E-state index contributed by atoms with van der Waals surface area (Å²) in [6, 6.07) is 4.87. The number of nitrogen functional groups attached to an aromatic ring is 1. The lowest BCUT2D eigenvalue weighted by molar-refractivity contribution is -0.137. The smallest absolute Gasteiger partial charge is 0.416 e. The molecule has 1 aliphatic carbocycles. The number of halogens is 3. The Morgan fingerprint density at radius 2 is 2.00 bits per heavy atom. The lowest BCUT2D eigenvalue weighted by Gasteiger charge is -2.33. The van der Waals surface area contributed by atoms with Crippen molar-refractivity contribution in [3.05, 3.63) is 41.2 Å². The average molecular weight is 543 g/mol. The third-order valence-electron chi connectivity index (χ3n) is 7.29. The van der Waals surface area contributed by atoms with Crippen LogP contribution in [-0.2, 0) is 22.2 Å². The summed E-state index contributed by atoms with van der Waals surface area (Å²) < 4.78 is 52.4. The van der Waals surface area contributed by atoms with E-state index >= 15 is 0 Å². The number of morpholine rings is 1. The molecule has 2 N–H and O–H groups in total. The van der Waals surface area contributed by atoms with E-state index in [0.717, 1.165) is 31.4 Å². The van der Waals surface area contributed by atoms with Crippen LogP contribution in [0.1, 0.15) is 54.4 Å². The van der Waals surface area contributed by atoms with Gasteiger partial charge >= 0.3 is 12.1 Å². The van der Waals surface area contributed by atoms with E-state index in [0.29, 0.717) is 49.1 Å². The quantitative estimate of drug-likeness (QED) is 0.352. The number of hydrogen-bond donors (Lipinski definition) is 1. The van der Waals surface area contributed by atoms with E-state index in [1.807, 2.05) is 11.8 Å². The van der Waals surface area contributed by atoms with E-state index in [9.17, 15) is 18.0 Å². The van der Waals surface area contributed by atoms with E-state index < -0.39 is 17.7 Å². The lowest BCUT2D eigenvalue weighted by atomic mass is 9.82. The number of imidazole rings is 1. The van der Waals surface area contributed by atoms with E-state index in [2.05, 4.69) is 15.9 Å². The van der Waals surface area contributed by atoms with Crippen molar-refractivity contribution in [2.75, 3.05) is 30.3 Å². The number of fused-ring (bicyclic) bond motifs is 1. The van der Waals surface area contributed by atoms with Crippen molar-refractivity contribution in [1.82, 2.24) is 19.5 Å². The molecule has 206 valence electrons. The Morgan fingerprint density at radius 3 is 2.64 bits per heavy atom. The molecule has 3 aromatic rings. The molecule has 2 unspecified atom stereocenters. The molecule has 12 heteroatoms. The summed E-state index contributed by atoms with van der Waals surface area (Å²) in [4.78, 5) is 28.1. The molecule has 1 aliphatic heterocycles. The Hall–Kier alpha value is -3.85. The van der Waals surface area contributed by atoms with Gasteiger partial charge in [0.05, 0.1) is 24.8 Å². The predicted octanol–water partition coefficient (Wildman–Crippen LogP) is 4.05. The first-order valence-electron chi connectivity index (χ1n) is 12.8. The van der Waals surface area contributed by atoms with E-state index in [1.165, 1.54) is 12.1 Å². The van der Waals surface area contributed by atoms with E-state index in [1.54, 1.807) is 4.57 Å². The number of anilines is 2. The molecule has 1 aromatic carbocycles. The van der Waals surface area contributed by atoms with Crippen LogP contribution in [0.4, 0.5) is 24.9 Å². The molecule has 5 rings (SSSR count). The van der Waals surface area contributed by atoms with Crippen molar-refractivity contribution in [1.29, 1.82) is 0 Å². The second kappa shape index (κ2) is 10.7. The molecule has 39 heavy (non-hydrogen) atoms. The number of nitrogens with zero attached hydrogens (tertiary/aromatic N) is 5. The van der Waals surface area contributed by atoms with Gasteiger partial charge in [-0.15, -0.1) is 12.3 Å². The second-order valence-corrected chi connectivity index (χ2v) is 9.95. The molecule has 1 saturated heterocycles. The Morgan fingerprint density at radius 1 is 1.26 bits per heavy atom. The number of carbonyl (C=O) groups is 1. The summed E-state index contributed by atoms with van der Waals surface area (Å²) in [6.45, 7) is 3.36. The third-order valence-corrected chi connectivity index (χ3v) is 7.29. The lowest BCUT2D eigenvalue weighted by Crippen LogP contribution is -2.43. The maximum atomic E-state index is 13.1. The molecule has 2 fully saturated rings. The Balaban J connectivity index is 1.51. The molecule has 0 bridgehead atoms. The monoisotopic (exact) mass is 542 g/mol. The minimum atomic E-state index is -4.44. The summed E-state index contributed by atoms with van der Waals surface area (Å²) in [7, 11) is 0. The van der Waals surface area contributed by atoms with Gasteiger partial charge in [0.2, 0.25) is 11.8 Å². The maximum Gasteiger partial charge on any atom is 0.416 e. The second-order valence-electron chi connectivity index (χ2n) is 9.95. The fraction of sp³-hybridized carbons (Fsp3) is 0.481. The zero-order valence-electron chi connectivity index (χ0n) is 21.4. The number of benzene rings is 1. The summed E-state index contributed by atoms with van der Waals surface area (Å²) >= 11 is 0. The van der Waals surface area contributed by atoms with Crippen LogP contribution >= 0.6 is 0 Å². The van der Waals surface area contributed by atoms with Crippen LogP contribution < -0.4 is 10.6 Å². The number of aromatic nitrogens is 4. The average Bonchev–Trinajstić information content (AvgIpc) is 3.22. The van der Waals surface area contributed by atoms with Crippen LogP contribution in [0.25, 0.3) is 11.2 Å². The highest BCUT2D eigenvalue weighted by molar-refractivity contribution is 5.92. The molecule has 3 heterocycles. The summed E-state index contributed by atoms with van der Waals surface area (Å²) in [5.41, 5.74) is 6.75. The summed E-state index contributed by atoms with van der Waals surface area (Å²) in [5.74, 6) is 2.55. The van der Waals surface area contributed by atoms with Crippen molar-refractivity contribution < 1.29 is 27.4 Å². The minimum absolute atomic E-state index is 0.0161. The molecule has 2 aliphatic rings. The Labute approximate surface area is 223 Å². The van der Waals surface area contributed by atoms with Gasteiger partial charge in [0.15, 0.2) is 11.5 Å². The maximum absolute atomic E-state index is 13.1. The van der Waals surface area contributed by atoms with Crippen molar-refractivity contribution >= 4 is 28.9 Å². The minimum Gasteiger partial charge on any atom is -0.456 e. The highest BCUT2D eigenvalue weighted by Gasteiger charge is 2.32. The van der Waals surface area contributed by atoms with Crippen LogP contribution in [0, 0.1) is 18.3 Å². The van der Waals surface area contributed by atoms with E-state index in [-0.39, 0.29) is 36.0 Å². The summed E-state index contributed by atoms with van der Waals surface area (Å²) in [5, 5.41) is 0. The number of ether oxygens (including phenoxy) is 2. The van der Waals surface area contributed by atoms with Gasteiger partial charge in [-0.05, 0) is 43.4 Å². The number of terminal acetylenes is 1. The van der Waals surface area contributed by atoms with Crippen LogP contribution in [0.3, 0.4) is 0 Å². The Kier molecular flexibility index (Phi) is 7.36. The van der Waals surface area contributed by atoms with Crippen LogP contribution in [0.15, 0.2) is 24.3 Å². The Bertz CT molecular complexity index is 1390. The first-order valence-corrected chi connectivity index (χ1v) is 12.8. The third kappa shape index (κ3) is 5.63. The standard InChI is InChI=1S/C27H29F3N6O3/c1-3-5-20-15-35(12-13-38-20)26-34-23-21(36(26)14-17-8-10-19(11-9-17)27(28,29)30)22(31)32-24(33-23)25(37)39-16(2)18-6-4-7-18/h1,8-11,16,18,20H,4-7,12-15H2,2H3,(H2,31,32,33). The first-order chi connectivity index (χ1) is 18.6. The van der Waals surface area contributed by atoms with Crippen molar-refractivity contribution in [2.24, 2.45) is 5.92 Å². The molecule has 2 atom stereocenters. The van der Waals surface area contributed by atoms with Gasteiger partial charge in [-0.25, -0.2) is 14.8 Å². The SMILES string of the molecule is C#CCC1CN(c2nc3nc(C(=O)OC(C)C4CCC4)nc(N)c3n2Cc2ccc(C(F)(F)F)cc2)CCO1. The van der Waals surface area contributed by atoms with Crippen LogP contribution in [0.2, 0.25) is 0 Å². The highest BCUT2D eigenvalue weighted by atomic mass is 19.4. The van der Waals surface area contributed by atoms with Gasteiger partial charge in [-0.3, -0.25) is 0 Å². The predicted molar refractivity (Wildman–Crippen MR) is 138 cm³/mol. The number of alkyl halides is 3. The van der Waals surface area contributed by atoms with Gasteiger partial charge in [-0.2, -0.15) is 18.2 Å². The number of carbonyl (C=O) groups excluding carboxylic acids is 1. The van der Waals surface area contributed by atoms with Gasteiger partial charge in [0, 0.05) is 19.5 Å². The normalized spacial score (nSPS) is 18.9. The number of rotatable bonds is 7. The van der Waals surface area contributed by atoms with Gasteiger partial charge < -0.3 is 24.7 Å². The number of esters is 1. The molecule has 2 aromatic heterocycles. The van der Waals surface area contributed by atoms with Crippen molar-refractivity contribution in [3.8, 4) is 12.3 Å². The highest BCUT2D eigenvalue weighted by Crippen LogP contribution is 2.33. The molecule has 0 radical (unpaired) electrons. The fourth-order valence-corrected chi connectivity index (χ4v) is 4.90. The van der Waals surface area contributed by atoms with E-state index in [4.69, 9.17) is 26.6 Å². The fourth-order valence-electron chi connectivity index (χ4n) is 4.90. The van der Waals surface area contributed by atoms with Crippen molar-refractivity contribution in [2.45, 2.75) is 57.5 Å². The van der Waals surface area contributed by atoms with Crippen LogP contribution in [0.5, 0.6) is 0 Å². The molecule has 0 spiro atoms. The van der Waals surface area contributed by atoms with Gasteiger partial charge in [-0.1, -0.05) is 18.6 Å². The topological polar surface area (TPSA) is 108 Å². The number of nitrogens with two attached hydrogens (primary N) is 1. The van der Waals surface area contributed by atoms with Crippen molar-refractivity contribution in [3.63, 3.8) is 0 Å². The zero-order valence-corrected chi connectivity index (χ0v) is 21.4. The molecule has 1 saturated carbocycles. The molecular weight excluding hydrogens is 513 g/mol. The van der Waals surface area contributed by atoms with Crippen LogP contribution in [-0.4, -0.2) is 57.4 Å². The molecular formula is C27H29F3N6O3. The molecule has 0 amide bonds.